The van der Waals surface area contributed by atoms with E-state index in [-0.39, 0.29) is 11.9 Å². The molecule has 1 saturated heterocycles. The molecule has 0 bridgehead atoms. The van der Waals surface area contributed by atoms with Crippen LogP contribution in [0.4, 0.5) is 0 Å². The molecule has 1 amide bonds. The van der Waals surface area contributed by atoms with Gasteiger partial charge in [-0.1, -0.05) is 36.8 Å². The summed E-state index contributed by atoms with van der Waals surface area (Å²) in [6.07, 6.45) is 3.22. The van der Waals surface area contributed by atoms with Gasteiger partial charge >= 0.3 is 0 Å². The Labute approximate surface area is 160 Å². The molecule has 1 unspecified atom stereocenters. The van der Waals surface area contributed by atoms with Gasteiger partial charge in [0.2, 0.25) is 5.91 Å². The van der Waals surface area contributed by atoms with Crippen molar-refractivity contribution in [2.24, 2.45) is 0 Å². The van der Waals surface area contributed by atoms with Gasteiger partial charge in [0.1, 0.15) is 0 Å². The lowest BCUT2D eigenvalue weighted by Gasteiger charge is -2.34. The first-order valence-corrected chi connectivity index (χ1v) is 10.4. The lowest BCUT2D eigenvalue weighted by atomic mass is 10.00. The number of ether oxygens (including phenoxy) is 1. The third kappa shape index (κ3) is 5.16. The number of thiophene rings is 1. The van der Waals surface area contributed by atoms with Gasteiger partial charge in [0.15, 0.2) is 0 Å². The van der Waals surface area contributed by atoms with E-state index in [1.807, 2.05) is 6.92 Å². The first kappa shape index (κ1) is 19.1. The number of carbonyl (C=O) groups excluding carboxylic acids is 1. The largest absolute Gasteiger partial charge is 0.380 e. The molecule has 0 saturated carbocycles. The fourth-order valence-electron chi connectivity index (χ4n) is 3.44. The monoisotopic (exact) mass is 372 g/mol. The van der Waals surface area contributed by atoms with Crippen molar-refractivity contribution in [3.8, 4) is 10.4 Å². The summed E-state index contributed by atoms with van der Waals surface area (Å²) in [5, 5.41) is 5.13. The van der Waals surface area contributed by atoms with E-state index in [4.69, 9.17) is 4.74 Å². The van der Waals surface area contributed by atoms with Crippen LogP contribution in [0.25, 0.3) is 10.4 Å². The molecule has 3 rings (SSSR count). The molecule has 5 heteroatoms. The average molecular weight is 373 g/mol. The van der Waals surface area contributed by atoms with E-state index in [1.165, 1.54) is 16.0 Å². The minimum absolute atomic E-state index is 0.0256. The second-order valence-corrected chi connectivity index (χ2v) is 7.59. The molecule has 1 aliphatic rings. The van der Waals surface area contributed by atoms with Gasteiger partial charge in [-0.2, -0.15) is 0 Å². The first-order valence-electron chi connectivity index (χ1n) is 9.50. The molecule has 140 valence electrons. The predicted molar refractivity (Wildman–Crippen MR) is 107 cm³/mol. The van der Waals surface area contributed by atoms with Crippen molar-refractivity contribution in [2.45, 2.75) is 38.8 Å². The Kier molecular flexibility index (Phi) is 7.23. The molecule has 0 spiro atoms. The number of amides is 1. The highest BCUT2D eigenvalue weighted by Gasteiger charge is 2.28. The Morgan fingerprint density at radius 1 is 1.27 bits per heavy atom. The third-order valence-corrected chi connectivity index (χ3v) is 5.73. The normalized spacial score (nSPS) is 18.0. The van der Waals surface area contributed by atoms with Crippen LogP contribution in [0.5, 0.6) is 0 Å². The third-order valence-electron chi connectivity index (χ3n) is 4.81. The maximum Gasteiger partial charge on any atom is 0.237 e. The van der Waals surface area contributed by atoms with Crippen LogP contribution in [0.15, 0.2) is 41.8 Å². The average Bonchev–Trinajstić information content (AvgIpc) is 3.21. The van der Waals surface area contributed by atoms with Gasteiger partial charge in [0, 0.05) is 24.6 Å². The number of hydrogen-bond donors (Lipinski definition) is 1. The fraction of sp³-hybridized carbons (Fsp3) is 0.476. The van der Waals surface area contributed by atoms with E-state index in [0.717, 1.165) is 32.4 Å². The summed E-state index contributed by atoms with van der Waals surface area (Å²) in [5.41, 5.74) is 2.52. The first-order chi connectivity index (χ1) is 12.8. The minimum atomic E-state index is -0.0256. The number of likely N-dealkylation sites (tertiary alicyclic amines) is 1. The highest BCUT2D eigenvalue weighted by molar-refractivity contribution is 7.13. The Morgan fingerprint density at radius 2 is 2.12 bits per heavy atom. The molecule has 1 aromatic carbocycles. The Bertz CT molecular complexity index is 670. The summed E-state index contributed by atoms with van der Waals surface area (Å²) in [4.78, 5) is 16.2. The van der Waals surface area contributed by atoms with Crippen LogP contribution >= 0.6 is 11.3 Å². The molecular formula is C21H28N2O2S. The quantitative estimate of drug-likeness (QED) is 0.714. The predicted octanol–water partition coefficient (Wildman–Crippen LogP) is 3.92. The van der Waals surface area contributed by atoms with E-state index < -0.39 is 0 Å². The smallest absolute Gasteiger partial charge is 0.237 e. The van der Waals surface area contributed by atoms with E-state index in [2.05, 4.69) is 52.0 Å². The zero-order valence-corrected chi connectivity index (χ0v) is 16.3. The van der Waals surface area contributed by atoms with Crippen molar-refractivity contribution in [3.63, 3.8) is 0 Å². The van der Waals surface area contributed by atoms with Crippen molar-refractivity contribution < 1.29 is 9.53 Å². The summed E-state index contributed by atoms with van der Waals surface area (Å²) in [6, 6.07) is 12.9. The minimum Gasteiger partial charge on any atom is -0.380 e. The van der Waals surface area contributed by atoms with Crippen LogP contribution in [0.2, 0.25) is 0 Å². The zero-order chi connectivity index (χ0) is 18.2. The Morgan fingerprint density at radius 3 is 2.85 bits per heavy atom. The van der Waals surface area contributed by atoms with Crippen molar-refractivity contribution in [3.05, 3.63) is 47.3 Å². The van der Waals surface area contributed by atoms with Crippen LogP contribution in [-0.4, -0.2) is 43.2 Å². The van der Waals surface area contributed by atoms with Crippen molar-refractivity contribution >= 4 is 17.2 Å². The number of benzene rings is 1. The molecule has 1 N–H and O–H groups in total. The van der Waals surface area contributed by atoms with Gasteiger partial charge in [-0.25, -0.2) is 0 Å². The number of piperidine rings is 1. The Hall–Kier alpha value is -1.69. The van der Waals surface area contributed by atoms with Crippen molar-refractivity contribution in [1.29, 1.82) is 0 Å². The number of nitrogens with zero attached hydrogens (tertiary/aromatic N) is 1. The number of rotatable bonds is 8. The lowest BCUT2D eigenvalue weighted by Crippen LogP contribution is -2.49. The molecule has 0 radical (unpaired) electrons. The summed E-state index contributed by atoms with van der Waals surface area (Å²) < 4.78 is 5.31. The van der Waals surface area contributed by atoms with E-state index >= 15 is 0 Å². The number of carbonyl (C=O) groups is 1. The second kappa shape index (κ2) is 9.86. The second-order valence-electron chi connectivity index (χ2n) is 6.64. The summed E-state index contributed by atoms with van der Waals surface area (Å²) in [6.45, 7) is 5.64. The van der Waals surface area contributed by atoms with Crippen molar-refractivity contribution in [2.75, 3.05) is 26.3 Å². The van der Waals surface area contributed by atoms with Crippen molar-refractivity contribution in [1.82, 2.24) is 10.2 Å². The molecule has 2 aromatic rings. The maximum atomic E-state index is 12.6. The molecule has 4 nitrogen and oxygen atoms in total. The zero-order valence-electron chi connectivity index (χ0n) is 15.4. The highest BCUT2D eigenvalue weighted by Crippen LogP contribution is 2.26. The molecule has 26 heavy (non-hydrogen) atoms. The van der Waals surface area contributed by atoms with Gasteiger partial charge in [0.25, 0.3) is 0 Å². The van der Waals surface area contributed by atoms with Gasteiger partial charge in [0.05, 0.1) is 12.6 Å². The SMILES string of the molecule is CCOCCNC(=O)C1CCCCN1Cc1ccc(-c2cccs2)cc1. The molecule has 2 heterocycles. The van der Waals surface area contributed by atoms with Gasteiger partial charge < -0.3 is 10.1 Å². The molecule has 1 aromatic heterocycles. The summed E-state index contributed by atoms with van der Waals surface area (Å²) in [5.74, 6) is 0.139. The lowest BCUT2D eigenvalue weighted by molar-refractivity contribution is -0.128. The van der Waals surface area contributed by atoms with Crippen LogP contribution in [0.3, 0.4) is 0 Å². The maximum absolute atomic E-state index is 12.6. The van der Waals surface area contributed by atoms with Gasteiger partial charge in [-0.05, 0) is 48.9 Å². The van der Waals surface area contributed by atoms with Gasteiger partial charge in [-0.3, -0.25) is 9.69 Å². The van der Waals surface area contributed by atoms with E-state index in [1.54, 1.807) is 11.3 Å². The summed E-state index contributed by atoms with van der Waals surface area (Å²) in [7, 11) is 0. The standard InChI is InChI=1S/C21H28N2O2S/c1-2-25-14-12-22-21(24)19-6-3-4-13-23(19)16-17-8-10-18(11-9-17)20-7-5-15-26-20/h5,7-11,15,19H,2-4,6,12-14,16H2,1H3,(H,22,24). The van der Waals surface area contributed by atoms with Crippen LogP contribution in [0, 0.1) is 0 Å². The van der Waals surface area contributed by atoms with Crippen LogP contribution in [0.1, 0.15) is 31.7 Å². The summed E-state index contributed by atoms with van der Waals surface area (Å²) >= 11 is 1.76. The number of nitrogens with one attached hydrogen (secondary N) is 1. The molecule has 1 atom stereocenters. The molecular weight excluding hydrogens is 344 g/mol. The highest BCUT2D eigenvalue weighted by atomic mass is 32.1. The van der Waals surface area contributed by atoms with Gasteiger partial charge in [-0.15, -0.1) is 11.3 Å². The topological polar surface area (TPSA) is 41.6 Å². The van der Waals surface area contributed by atoms with E-state index in [0.29, 0.717) is 19.8 Å². The number of hydrogen-bond acceptors (Lipinski definition) is 4. The van der Waals surface area contributed by atoms with Crippen LogP contribution in [-0.2, 0) is 16.1 Å². The molecule has 0 aliphatic carbocycles. The fourth-order valence-corrected chi connectivity index (χ4v) is 4.17. The molecule has 1 fully saturated rings. The van der Waals surface area contributed by atoms with Crippen LogP contribution < -0.4 is 5.32 Å². The molecule has 1 aliphatic heterocycles. The Balaban J connectivity index is 1.58. The van der Waals surface area contributed by atoms with E-state index in [9.17, 15) is 4.79 Å².